The highest BCUT2D eigenvalue weighted by Crippen LogP contribution is 2.34. The molecule has 3 rings (SSSR count). The summed E-state index contributed by atoms with van der Waals surface area (Å²) in [6.45, 7) is -0.0683. The molecule has 28 heavy (non-hydrogen) atoms. The van der Waals surface area contributed by atoms with Crippen LogP contribution in [0.5, 0.6) is 0 Å². The van der Waals surface area contributed by atoms with Gasteiger partial charge < -0.3 is 19.9 Å². The van der Waals surface area contributed by atoms with Crippen LogP contribution in [0.15, 0.2) is 36.9 Å². The summed E-state index contributed by atoms with van der Waals surface area (Å²) >= 11 is 12.5. The Balaban J connectivity index is 1.91. The van der Waals surface area contributed by atoms with E-state index < -0.39 is 12.5 Å². The summed E-state index contributed by atoms with van der Waals surface area (Å²) in [4.78, 5) is 32.8. The third-order valence-corrected chi connectivity index (χ3v) is 4.92. The number of aromatic nitrogens is 3. The number of halogens is 2. The second kappa shape index (κ2) is 8.45. The average molecular weight is 422 g/mol. The van der Waals surface area contributed by atoms with Crippen LogP contribution in [0.3, 0.4) is 0 Å². The van der Waals surface area contributed by atoms with Crippen molar-refractivity contribution in [1.29, 1.82) is 0 Å². The van der Waals surface area contributed by atoms with Gasteiger partial charge in [0.2, 0.25) is 5.91 Å². The van der Waals surface area contributed by atoms with E-state index in [0.29, 0.717) is 27.9 Å². The lowest BCUT2D eigenvalue weighted by molar-refractivity contribution is -0.137. The maximum Gasteiger partial charge on any atom is 0.322 e. The molecule has 0 saturated heterocycles. The Hall–Kier alpha value is -2.84. The van der Waals surface area contributed by atoms with Crippen LogP contribution in [-0.2, 0) is 9.59 Å². The number of imidazole rings is 1. The maximum atomic E-state index is 11.8. The molecule has 0 aliphatic rings. The zero-order valence-corrected chi connectivity index (χ0v) is 16.4. The van der Waals surface area contributed by atoms with Gasteiger partial charge in [0, 0.05) is 43.9 Å². The number of aliphatic carboxylic acids is 1. The Kier molecular flexibility index (Phi) is 6.01. The van der Waals surface area contributed by atoms with Gasteiger partial charge >= 0.3 is 5.97 Å². The summed E-state index contributed by atoms with van der Waals surface area (Å²) < 4.78 is 1.84. The first-order chi connectivity index (χ1) is 13.4. The minimum absolute atomic E-state index is 0.118. The van der Waals surface area contributed by atoms with Crippen molar-refractivity contribution in [3.05, 3.63) is 47.0 Å². The lowest BCUT2D eigenvalue weighted by Gasteiger charge is -2.20. The predicted molar refractivity (Wildman–Crippen MR) is 107 cm³/mol. The lowest BCUT2D eigenvalue weighted by atomic mass is 10.1. The van der Waals surface area contributed by atoms with E-state index in [0.717, 1.165) is 11.1 Å². The lowest BCUT2D eigenvalue weighted by Crippen LogP contribution is -2.32. The van der Waals surface area contributed by atoms with E-state index in [1.807, 2.05) is 16.7 Å². The van der Waals surface area contributed by atoms with Crippen molar-refractivity contribution < 1.29 is 14.7 Å². The molecule has 0 radical (unpaired) electrons. The molecule has 1 amide bonds. The monoisotopic (exact) mass is 421 g/mol. The number of nitrogens with zero attached hydrogens (tertiary/aromatic N) is 4. The van der Waals surface area contributed by atoms with E-state index >= 15 is 0 Å². The van der Waals surface area contributed by atoms with Crippen LogP contribution in [-0.4, -0.2) is 51.7 Å². The fraction of sp³-hybridized carbons (Fsp3) is 0.222. The number of carbonyl (C=O) groups excluding carboxylic acids is 1. The molecule has 3 aromatic rings. The fourth-order valence-electron chi connectivity index (χ4n) is 2.66. The summed E-state index contributed by atoms with van der Waals surface area (Å²) in [5.74, 6) is -0.855. The minimum atomic E-state index is -1.09. The summed E-state index contributed by atoms with van der Waals surface area (Å²) in [7, 11) is 1.79. The van der Waals surface area contributed by atoms with E-state index in [1.165, 1.54) is 0 Å². The number of nitrogens with one attached hydrogen (secondary N) is 1. The number of amides is 1. The van der Waals surface area contributed by atoms with E-state index in [1.54, 1.807) is 36.7 Å². The molecule has 0 fully saturated rings. The number of benzene rings is 1. The molecule has 2 aromatic heterocycles. The number of pyridine rings is 1. The fourth-order valence-corrected chi connectivity index (χ4v) is 3.02. The van der Waals surface area contributed by atoms with Gasteiger partial charge in [0.25, 0.3) is 0 Å². The van der Waals surface area contributed by atoms with Crippen molar-refractivity contribution in [2.24, 2.45) is 0 Å². The molecule has 0 unspecified atom stereocenters. The van der Waals surface area contributed by atoms with Gasteiger partial charge in [-0.05, 0) is 12.1 Å². The molecule has 1 aromatic carbocycles. The number of carboxylic acids is 1. The van der Waals surface area contributed by atoms with E-state index in [4.69, 9.17) is 28.3 Å². The van der Waals surface area contributed by atoms with Gasteiger partial charge in [0.1, 0.15) is 12.4 Å². The number of hydrogen-bond acceptors (Lipinski definition) is 5. The summed E-state index contributed by atoms with van der Waals surface area (Å²) in [5.41, 5.74) is 1.36. The van der Waals surface area contributed by atoms with Crippen LogP contribution in [0.25, 0.3) is 16.6 Å². The first-order valence-electron chi connectivity index (χ1n) is 8.33. The molecule has 0 aliphatic heterocycles. The first kappa shape index (κ1) is 19.9. The van der Waals surface area contributed by atoms with Gasteiger partial charge in [-0.25, -0.2) is 9.97 Å². The van der Waals surface area contributed by atoms with Crippen LogP contribution in [0.1, 0.15) is 6.42 Å². The Morgan fingerprint density at radius 2 is 2.11 bits per heavy atom. The number of anilines is 1. The molecule has 0 spiro atoms. The molecule has 0 aliphatic carbocycles. The zero-order chi connectivity index (χ0) is 20.3. The highest BCUT2D eigenvalue weighted by Gasteiger charge is 2.15. The number of hydrogen-bond donors (Lipinski definition) is 2. The van der Waals surface area contributed by atoms with E-state index in [-0.39, 0.29) is 12.3 Å². The van der Waals surface area contributed by atoms with Crippen LogP contribution in [0.4, 0.5) is 5.82 Å². The van der Waals surface area contributed by atoms with Gasteiger partial charge in [-0.1, -0.05) is 23.2 Å². The number of carboxylic acid groups (broad SMARTS) is 1. The second-order valence-corrected chi connectivity index (χ2v) is 6.85. The molecule has 0 saturated carbocycles. The summed E-state index contributed by atoms with van der Waals surface area (Å²) in [5, 5.41) is 12.5. The largest absolute Gasteiger partial charge is 0.480 e. The van der Waals surface area contributed by atoms with Crippen molar-refractivity contribution in [3.8, 4) is 5.69 Å². The van der Waals surface area contributed by atoms with Gasteiger partial charge in [-0.3, -0.25) is 9.59 Å². The van der Waals surface area contributed by atoms with Crippen molar-refractivity contribution in [2.45, 2.75) is 6.42 Å². The zero-order valence-electron chi connectivity index (χ0n) is 14.9. The molecule has 10 heteroatoms. The quantitative estimate of drug-likeness (QED) is 0.608. The van der Waals surface area contributed by atoms with Gasteiger partial charge in [-0.15, -0.1) is 0 Å². The molecule has 2 N–H and O–H groups in total. The number of rotatable bonds is 7. The topological polar surface area (TPSA) is 100 Å². The smallest absolute Gasteiger partial charge is 0.322 e. The van der Waals surface area contributed by atoms with Gasteiger partial charge in [-0.2, -0.15) is 0 Å². The third-order valence-electron chi connectivity index (χ3n) is 4.12. The highest BCUT2D eigenvalue weighted by molar-refractivity contribution is 6.45. The number of carbonyl (C=O) groups is 2. The highest BCUT2D eigenvalue weighted by atomic mass is 35.5. The van der Waals surface area contributed by atoms with Crippen LogP contribution in [0, 0.1) is 0 Å². The van der Waals surface area contributed by atoms with Crippen LogP contribution in [0.2, 0.25) is 10.0 Å². The summed E-state index contributed by atoms with van der Waals surface area (Å²) in [6, 6.07) is 5.42. The first-order valence-corrected chi connectivity index (χ1v) is 9.09. The Bertz CT molecular complexity index is 1020. The van der Waals surface area contributed by atoms with Crippen molar-refractivity contribution in [1.82, 2.24) is 19.9 Å². The molecule has 2 heterocycles. The second-order valence-electron chi connectivity index (χ2n) is 6.07. The number of fused-ring (bicyclic) bond motifs is 1. The molecule has 0 atom stereocenters. The standard InChI is InChI=1S/C18H17Cl2N5O3/c1-24(6-4-15(26)22-9-16(27)28)14-8-13(25-7-5-21-10-25)11-2-3-12(19)17(20)18(11)23-14/h2-3,5,7-8,10H,4,6,9H2,1H3,(H,22,26)(H,27,28). The normalized spacial score (nSPS) is 10.8. The Morgan fingerprint density at radius 3 is 2.79 bits per heavy atom. The summed E-state index contributed by atoms with van der Waals surface area (Å²) in [6.07, 6.45) is 5.26. The van der Waals surface area contributed by atoms with Crippen LogP contribution >= 0.6 is 23.2 Å². The molecule has 8 nitrogen and oxygen atoms in total. The van der Waals surface area contributed by atoms with E-state index in [9.17, 15) is 9.59 Å². The maximum absolute atomic E-state index is 11.8. The van der Waals surface area contributed by atoms with Crippen molar-refractivity contribution in [2.75, 3.05) is 25.0 Å². The minimum Gasteiger partial charge on any atom is -0.480 e. The predicted octanol–water partition coefficient (Wildman–Crippen LogP) is 2.75. The Morgan fingerprint density at radius 1 is 1.32 bits per heavy atom. The van der Waals surface area contributed by atoms with Gasteiger partial charge in [0.15, 0.2) is 0 Å². The van der Waals surface area contributed by atoms with Crippen molar-refractivity contribution >= 4 is 51.8 Å². The molecular weight excluding hydrogens is 405 g/mol. The van der Waals surface area contributed by atoms with Crippen molar-refractivity contribution in [3.63, 3.8) is 0 Å². The Labute approximate surface area is 170 Å². The third kappa shape index (κ3) is 4.35. The van der Waals surface area contributed by atoms with Crippen LogP contribution < -0.4 is 10.2 Å². The molecule has 146 valence electrons. The SMILES string of the molecule is CN(CCC(=O)NCC(=O)O)c1cc(-n2ccnc2)c2ccc(Cl)c(Cl)c2n1. The average Bonchev–Trinajstić information content (AvgIpc) is 3.21. The molecule has 0 bridgehead atoms. The van der Waals surface area contributed by atoms with E-state index in [2.05, 4.69) is 15.3 Å². The molecular formula is C18H17Cl2N5O3. The van der Waals surface area contributed by atoms with Gasteiger partial charge in [0.05, 0.1) is 27.6 Å².